The van der Waals surface area contributed by atoms with Gasteiger partial charge in [0, 0.05) is 19.5 Å². The van der Waals surface area contributed by atoms with Crippen LogP contribution < -0.4 is 5.32 Å². The van der Waals surface area contributed by atoms with Crippen molar-refractivity contribution in [2.24, 2.45) is 5.92 Å². The van der Waals surface area contributed by atoms with Crippen molar-refractivity contribution in [1.29, 1.82) is 0 Å². The van der Waals surface area contributed by atoms with Crippen molar-refractivity contribution < 1.29 is 19.4 Å². The first-order chi connectivity index (χ1) is 9.50. The maximum Gasteiger partial charge on any atom is 0.303 e. The van der Waals surface area contributed by atoms with Crippen LogP contribution in [0.2, 0.25) is 0 Å². The standard InChI is InChI=1S/C14H26N2O4/c1-11(2)10-12(15-5-3-4-13(17)18)14(19)16-6-8-20-9-7-16/h11-12,15H,3-10H2,1-2H3,(H,17,18)/t12-/m0/s1. The number of rotatable bonds is 8. The fraction of sp³-hybridized carbons (Fsp3) is 0.857. The first-order valence-electron chi connectivity index (χ1n) is 7.32. The first kappa shape index (κ1) is 16.9. The SMILES string of the molecule is CC(C)C[C@H](NCCCC(=O)O)C(=O)N1CCOCC1. The van der Waals surface area contributed by atoms with Crippen molar-refractivity contribution >= 4 is 11.9 Å². The Kier molecular flexibility index (Phi) is 7.54. The lowest BCUT2D eigenvalue weighted by molar-refractivity contribution is -0.138. The second-order valence-electron chi connectivity index (χ2n) is 5.57. The molecule has 6 nitrogen and oxygen atoms in total. The van der Waals surface area contributed by atoms with Crippen LogP contribution in [0.3, 0.4) is 0 Å². The molecule has 116 valence electrons. The summed E-state index contributed by atoms with van der Waals surface area (Å²) in [4.78, 5) is 24.8. The molecule has 1 aliphatic heterocycles. The summed E-state index contributed by atoms with van der Waals surface area (Å²) in [5, 5.41) is 11.8. The molecule has 1 fully saturated rings. The molecular weight excluding hydrogens is 260 g/mol. The van der Waals surface area contributed by atoms with Crippen LogP contribution in [0.4, 0.5) is 0 Å². The van der Waals surface area contributed by atoms with Crippen molar-refractivity contribution in [1.82, 2.24) is 10.2 Å². The summed E-state index contributed by atoms with van der Waals surface area (Å²) in [6, 6.07) is -0.220. The van der Waals surface area contributed by atoms with Gasteiger partial charge in [0.05, 0.1) is 19.3 Å². The summed E-state index contributed by atoms with van der Waals surface area (Å²) in [5.74, 6) is -0.277. The van der Waals surface area contributed by atoms with E-state index in [1.54, 1.807) is 0 Å². The predicted molar refractivity (Wildman–Crippen MR) is 75.5 cm³/mol. The quantitative estimate of drug-likeness (QED) is 0.643. The van der Waals surface area contributed by atoms with E-state index >= 15 is 0 Å². The van der Waals surface area contributed by atoms with E-state index in [0.29, 0.717) is 45.2 Å². The molecular formula is C14H26N2O4. The fourth-order valence-electron chi connectivity index (χ4n) is 2.26. The van der Waals surface area contributed by atoms with Crippen LogP contribution in [0, 0.1) is 5.92 Å². The highest BCUT2D eigenvalue weighted by atomic mass is 16.5. The molecule has 1 amide bonds. The zero-order valence-electron chi connectivity index (χ0n) is 12.4. The lowest BCUT2D eigenvalue weighted by Gasteiger charge is -2.31. The number of ether oxygens (including phenoxy) is 1. The van der Waals surface area contributed by atoms with E-state index in [2.05, 4.69) is 19.2 Å². The number of carbonyl (C=O) groups excluding carboxylic acids is 1. The second-order valence-corrected chi connectivity index (χ2v) is 5.57. The van der Waals surface area contributed by atoms with E-state index in [1.807, 2.05) is 4.90 Å². The minimum atomic E-state index is -0.799. The van der Waals surface area contributed by atoms with Gasteiger partial charge in [-0.1, -0.05) is 13.8 Å². The average molecular weight is 286 g/mol. The molecule has 1 heterocycles. The molecule has 0 spiro atoms. The van der Waals surface area contributed by atoms with Gasteiger partial charge in [-0.3, -0.25) is 9.59 Å². The van der Waals surface area contributed by atoms with Crippen LogP contribution in [-0.2, 0) is 14.3 Å². The Bertz CT molecular complexity index is 314. The molecule has 1 aliphatic rings. The van der Waals surface area contributed by atoms with Gasteiger partial charge in [-0.15, -0.1) is 0 Å². The molecule has 1 saturated heterocycles. The Hall–Kier alpha value is -1.14. The number of aliphatic carboxylic acids is 1. The van der Waals surface area contributed by atoms with Crippen LogP contribution in [0.1, 0.15) is 33.1 Å². The van der Waals surface area contributed by atoms with Crippen LogP contribution in [-0.4, -0.2) is 60.8 Å². The van der Waals surface area contributed by atoms with Gasteiger partial charge < -0.3 is 20.1 Å². The minimum Gasteiger partial charge on any atom is -0.481 e. The van der Waals surface area contributed by atoms with Gasteiger partial charge in [0.2, 0.25) is 5.91 Å². The number of nitrogens with zero attached hydrogens (tertiary/aromatic N) is 1. The Morgan fingerprint density at radius 3 is 2.50 bits per heavy atom. The lowest BCUT2D eigenvalue weighted by atomic mass is 10.0. The smallest absolute Gasteiger partial charge is 0.303 e. The van der Waals surface area contributed by atoms with E-state index in [-0.39, 0.29) is 18.4 Å². The number of carbonyl (C=O) groups is 2. The topological polar surface area (TPSA) is 78.9 Å². The molecule has 0 aliphatic carbocycles. The fourth-order valence-corrected chi connectivity index (χ4v) is 2.26. The third-order valence-electron chi connectivity index (χ3n) is 3.29. The maximum absolute atomic E-state index is 12.5. The monoisotopic (exact) mass is 286 g/mol. The molecule has 0 aromatic carbocycles. The summed E-state index contributed by atoms with van der Waals surface area (Å²) in [5.41, 5.74) is 0. The molecule has 0 aromatic rings. The van der Waals surface area contributed by atoms with Gasteiger partial charge in [-0.25, -0.2) is 0 Å². The van der Waals surface area contributed by atoms with Gasteiger partial charge in [-0.05, 0) is 25.3 Å². The highest BCUT2D eigenvalue weighted by Crippen LogP contribution is 2.10. The molecule has 2 N–H and O–H groups in total. The number of carboxylic acids is 1. The first-order valence-corrected chi connectivity index (χ1v) is 7.32. The number of hydrogen-bond acceptors (Lipinski definition) is 4. The highest BCUT2D eigenvalue weighted by molar-refractivity contribution is 5.82. The summed E-state index contributed by atoms with van der Waals surface area (Å²) < 4.78 is 5.26. The molecule has 1 atom stereocenters. The number of hydrogen-bond donors (Lipinski definition) is 2. The van der Waals surface area contributed by atoms with Crippen LogP contribution in [0.15, 0.2) is 0 Å². The van der Waals surface area contributed by atoms with Gasteiger partial charge in [0.25, 0.3) is 0 Å². The Morgan fingerprint density at radius 1 is 1.30 bits per heavy atom. The number of amides is 1. The average Bonchev–Trinajstić information content (AvgIpc) is 2.41. The maximum atomic E-state index is 12.5. The molecule has 0 aromatic heterocycles. The highest BCUT2D eigenvalue weighted by Gasteiger charge is 2.25. The summed E-state index contributed by atoms with van der Waals surface area (Å²) in [6.45, 7) is 7.20. The van der Waals surface area contributed by atoms with Crippen molar-refractivity contribution in [2.45, 2.75) is 39.2 Å². The van der Waals surface area contributed by atoms with Gasteiger partial charge in [0.1, 0.15) is 0 Å². The Morgan fingerprint density at radius 2 is 1.95 bits per heavy atom. The second kappa shape index (κ2) is 8.92. The minimum absolute atomic E-state index is 0.109. The third-order valence-corrected chi connectivity index (χ3v) is 3.29. The molecule has 1 rings (SSSR count). The van der Waals surface area contributed by atoms with Crippen molar-refractivity contribution in [3.8, 4) is 0 Å². The van der Waals surface area contributed by atoms with Crippen LogP contribution in [0.25, 0.3) is 0 Å². The van der Waals surface area contributed by atoms with Crippen molar-refractivity contribution in [3.63, 3.8) is 0 Å². The molecule has 0 saturated carbocycles. The number of morpholine rings is 1. The Balaban J connectivity index is 2.44. The lowest BCUT2D eigenvalue weighted by Crippen LogP contribution is -2.51. The van der Waals surface area contributed by atoms with Gasteiger partial charge in [0.15, 0.2) is 0 Å². The molecule has 0 bridgehead atoms. The Labute approximate surface area is 120 Å². The number of nitrogens with one attached hydrogen (secondary N) is 1. The summed E-state index contributed by atoms with van der Waals surface area (Å²) in [6.07, 6.45) is 1.44. The van der Waals surface area contributed by atoms with E-state index in [1.165, 1.54) is 0 Å². The van der Waals surface area contributed by atoms with Crippen LogP contribution in [0.5, 0.6) is 0 Å². The van der Waals surface area contributed by atoms with Gasteiger partial charge in [-0.2, -0.15) is 0 Å². The van der Waals surface area contributed by atoms with E-state index in [0.717, 1.165) is 6.42 Å². The summed E-state index contributed by atoms with van der Waals surface area (Å²) >= 11 is 0. The zero-order chi connectivity index (χ0) is 15.0. The molecule has 20 heavy (non-hydrogen) atoms. The van der Waals surface area contributed by atoms with E-state index in [4.69, 9.17) is 9.84 Å². The molecule has 0 unspecified atom stereocenters. The van der Waals surface area contributed by atoms with Gasteiger partial charge >= 0.3 is 5.97 Å². The van der Waals surface area contributed by atoms with E-state index in [9.17, 15) is 9.59 Å². The summed E-state index contributed by atoms with van der Waals surface area (Å²) in [7, 11) is 0. The normalized spacial score (nSPS) is 17.2. The third kappa shape index (κ3) is 6.34. The van der Waals surface area contributed by atoms with Crippen LogP contribution >= 0.6 is 0 Å². The molecule has 6 heteroatoms. The van der Waals surface area contributed by atoms with Crippen molar-refractivity contribution in [3.05, 3.63) is 0 Å². The molecule has 0 radical (unpaired) electrons. The number of carboxylic acid groups (broad SMARTS) is 1. The largest absolute Gasteiger partial charge is 0.481 e. The van der Waals surface area contributed by atoms with E-state index < -0.39 is 5.97 Å². The predicted octanol–water partition coefficient (Wildman–Crippen LogP) is 0.714. The van der Waals surface area contributed by atoms with Crippen molar-refractivity contribution in [2.75, 3.05) is 32.8 Å². The zero-order valence-corrected chi connectivity index (χ0v) is 12.4.